The lowest BCUT2D eigenvalue weighted by molar-refractivity contribution is -0.136. The first-order valence-corrected chi connectivity index (χ1v) is 15.8. The van der Waals surface area contributed by atoms with Gasteiger partial charge in [-0.25, -0.2) is 4.98 Å². The van der Waals surface area contributed by atoms with Crippen LogP contribution in [0.1, 0.15) is 65.9 Å². The van der Waals surface area contributed by atoms with E-state index in [9.17, 15) is 9.59 Å². The van der Waals surface area contributed by atoms with Crippen LogP contribution in [0.2, 0.25) is 0 Å². The van der Waals surface area contributed by atoms with Crippen molar-refractivity contribution in [3.63, 3.8) is 0 Å². The first-order valence-electron chi connectivity index (χ1n) is 14.9. The summed E-state index contributed by atoms with van der Waals surface area (Å²) in [6.07, 6.45) is 6.38. The minimum atomic E-state index is -0.937. The fourth-order valence-corrected chi connectivity index (χ4v) is 6.68. The summed E-state index contributed by atoms with van der Waals surface area (Å²) in [6, 6.07) is 31.3. The smallest absolute Gasteiger partial charge is 0.305 e. The molecule has 0 atom stereocenters. The zero-order valence-electron chi connectivity index (χ0n) is 24.0. The Morgan fingerprint density at radius 3 is 2.37 bits per heavy atom. The van der Waals surface area contributed by atoms with Crippen LogP contribution >= 0.6 is 11.3 Å². The number of aliphatic carboxylic acids is 1. The van der Waals surface area contributed by atoms with Crippen molar-refractivity contribution >= 4 is 44.8 Å². The molecule has 0 radical (unpaired) electrons. The van der Waals surface area contributed by atoms with E-state index in [-0.39, 0.29) is 18.9 Å². The second kappa shape index (κ2) is 13.2. The number of carboxylic acids is 1. The Kier molecular flexibility index (Phi) is 8.80. The van der Waals surface area contributed by atoms with Gasteiger partial charge in [0.25, 0.3) is 5.91 Å². The highest BCUT2D eigenvalue weighted by Crippen LogP contribution is 2.37. The van der Waals surface area contributed by atoms with Crippen molar-refractivity contribution in [2.45, 2.75) is 51.0 Å². The molecular formula is C36H35N3O3S. The molecule has 218 valence electrons. The van der Waals surface area contributed by atoms with Crippen LogP contribution in [0, 0.1) is 0 Å². The summed E-state index contributed by atoms with van der Waals surface area (Å²) in [4.78, 5) is 30.6. The minimum Gasteiger partial charge on any atom is -0.481 e. The fourth-order valence-electron chi connectivity index (χ4n) is 5.83. The number of hydrogen-bond donors (Lipinski definition) is 2. The maximum absolute atomic E-state index is 12.5. The van der Waals surface area contributed by atoms with Gasteiger partial charge in [0.2, 0.25) is 0 Å². The molecule has 0 unspecified atom stereocenters. The highest BCUT2D eigenvalue weighted by Gasteiger charge is 2.19. The Morgan fingerprint density at radius 2 is 1.63 bits per heavy atom. The largest absolute Gasteiger partial charge is 0.481 e. The summed E-state index contributed by atoms with van der Waals surface area (Å²) >= 11 is 1.63. The average molecular weight is 590 g/mol. The van der Waals surface area contributed by atoms with Gasteiger partial charge in [-0.3, -0.25) is 9.59 Å². The van der Waals surface area contributed by atoms with Gasteiger partial charge in [-0.1, -0.05) is 79.9 Å². The Hall–Kier alpha value is -4.49. The number of hydrogen-bond acceptors (Lipinski definition) is 5. The lowest BCUT2D eigenvalue weighted by Crippen LogP contribution is -2.26. The molecule has 5 aromatic rings. The van der Waals surface area contributed by atoms with Crippen LogP contribution in [0.15, 0.2) is 96.4 Å². The molecule has 0 spiro atoms. The SMILES string of the molecule is O=C(O)CCNC(=O)c1ccc(CN(c2ccc(C3CCCCC3)cc2)c2nc(-c3ccc4ccccc4c3)cs2)cc1. The second-order valence-electron chi connectivity index (χ2n) is 11.2. The summed E-state index contributed by atoms with van der Waals surface area (Å²) < 4.78 is 0. The number of rotatable bonds is 10. The predicted octanol–water partition coefficient (Wildman–Crippen LogP) is 8.55. The molecule has 1 amide bonds. The van der Waals surface area contributed by atoms with Gasteiger partial charge in [-0.15, -0.1) is 11.3 Å². The first-order chi connectivity index (χ1) is 21.0. The van der Waals surface area contributed by atoms with Crippen LogP contribution in [-0.4, -0.2) is 28.5 Å². The van der Waals surface area contributed by atoms with E-state index >= 15 is 0 Å². The summed E-state index contributed by atoms with van der Waals surface area (Å²) in [5, 5.41) is 16.9. The molecule has 1 heterocycles. The third-order valence-electron chi connectivity index (χ3n) is 8.23. The molecule has 43 heavy (non-hydrogen) atoms. The molecule has 4 aromatic carbocycles. The molecule has 6 nitrogen and oxygen atoms in total. The summed E-state index contributed by atoms with van der Waals surface area (Å²) in [5.41, 5.74) is 6.08. The van der Waals surface area contributed by atoms with Crippen LogP contribution in [0.25, 0.3) is 22.0 Å². The van der Waals surface area contributed by atoms with E-state index in [0.29, 0.717) is 18.0 Å². The first kappa shape index (κ1) is 28.6. The summed E-state index contributed by atoms with van der Waals surface area (Å²) in [7, 11) is 0. The van der Waals surface area contributed by atoms with Crippen molar-refractivity contribution in [3.8, 4) is 11.3 Å². The van der Waals surface area contributed by atoms with Crippen LogP contribution < -0.4 is 10.2 Å². The van der Waals surface area contributed by atoms with Gasteiger partial charge in [0, 0.05) is 28.7 Å². The maximum atomic E-state index is 12.5. The van der Waals surface area contributed by atoms with E-state index in [0.717, 1.165) is 27.6 Å². The van der Waals surface area contributed by atoms with Crippen LogP contribution in [0.3, 0.4) is 0 Å². The number of anilines is 2. The zero-order valence-corrected chi connectivity index (χ0v) is 24.9. The quantitative estimate of drug-likeness (QED) is 0.171. The van der Waals surface area contributed by atoms with E-state index < -0.39 is 5.97 Å². The number of nitrogens with zero attached hydrogens (tertiary/aromatic N) is 2. The predicted molar refractivity (Wildman–Crippen MR) is 174 cm³/mol. The number of nitrogens with one attached hydrogen (secondary N) is 1. The average Bonchev–Trinajstić information content (AvgIpc) is 3.54. The number of fused-ring (bicyclic) bond motifs is 1. The second-order valence-corrected chi connectivity index (χ2v) is 12.0. The fraction of sp³-hybridized carbons (Fsp3) is 0.250. The molecule has 1 fully saturated rings. The molecule has 0 bridgehead atoms. The molecule has 0 aliphatic heterocycles. The summed E-state index contributed by atoms with van der Waals surface area (Å²) in [5.74, 6) is -0.568. The van der Waals surface area contributed by atoms with Gasteiger partial charge < -0.3 is 15.3 Å². The Bertz CT molecular complexity index is 1710. The van der Waals surface area contributed by atoms with Crippen molar-refractivity contribution in [2.75, 3.05) is 11.4 Å². The molecule has 2 N–H and O–H groups in total. The van der Waals surface area contributed by atoms with E-state index in [4.69, 9.17) is 10.1 Å². The number of thiazole rings is 1. The van der Waals surface area contributed by atoms with Gasteiger partial charge in [0.05, 0.1) is 18.7 Å². The number of amides is 1. The molecule has 1 aromatic heterocycles. The lowest BCUT2D eigenvalue weighted by Gasteiger charge is -2.25. The third kappa shape index (κ3) is 6.95. The molecule has 0 saturated heterocycles. The monoisotopic (exact) mass is 589 g/mol. The number of carboxylic acid groups (broad SMARTS) is 1. The third-order valence-corrected chi connectivity index (χ3v) is 9.09. The molecule has 1 aliphatic carbocycles. The van der Waals surface area contributed by atoms with Crippen molar-refractivity contribution in [1.29, 1.82) is 0 Å². The molecule has 6 rings (SSSR count). The number of benzene rings is 4. The van der Waals surface area contributed by atoms with Crippen molar-refractivity contribution in [3.05, 3.63) is 113 Å². The van der Waals surface area contributed by atoms with E-state index in [1.54, 1.807) is 23.5 Å². The maximum Gasteiger partial charge on any atom is 0.305 e. The van der Waals surface area contributed by atoms with Crippen LogP contribution in [0.4, 0.5) is 10.8 Å². The van der Waals surface area contributed by atoms with Gasteiger partial charge >= 0.3 is 5.97 Å². The van der Waals surface area contributed by atoms with Crippen molar-refractivity contribution in [2.24, 2.45) is 0 Å². The lowest BCUT2D eigenvalue weighted by atomic mass is 9.84. The van der Waals surface area contributed by atoms with Gasteiger partial charge in [-0.2, -0.15) is 0 Å². The van der Waals surface area contributed by atoms with Gasteiger partial charge in [0.1, 0.15) is 0 Å². The highest BCUT2D eigenvalue weighted by molar-refractivity contribution is 7.14. The highest BCUT2D eigenvalue weighted by atomic mass is 32.1. The van der Waals surface area contributed by atoms with Crippen LogP contribution in [0.5, 0.6) is 0 Å². The standard InChI is InChI=1S/C36H35N3O3S/c40-34(41)20-21-37-35(42)29-12-10-25(11-13-29)23-39(32-18-16-28(17-19-32)26-6-2-1-3-7-26)36-38-33(24-43-36)31-15-14-27-8-4-5-9-30(27)22-31/h4-5,8-19,22,24,26H,1-3,6-7,20-21,23H2,(H,37,42)(H,40,41). The molecule has 7 heteroatoms. The van der Waals surface area contributed by atoms with E-state index in [1.165, 1.54) is 48.4 Å². The molecule has 1 saturated carbocycles. The number of aromatic nitrogens is 1. The number of carbonyl (C=O) groups is 2. The molecule has 1 aliphatic rings. The topological polar surface area (TPSA) is 82.5 Å². The van der Waals surface area contributed by atoms with E-state index in [2.05, 4.69) is 82.3 Å². The van der Waals surface area contributed by atoms with Crippen molar-refractivity contribution < 1.29 is 14.7 Å². The van der Waals surface area contributed by atoms with Crippen LogP contribution in [-0.2, 0) is 11.3 Å². The Morgan fingerprint density at radius 1 is 0.884 bits per heavy atom. The van der Waals surface area contributed by atoms with E-state index in [1.807, 2.05) is 12.1 Å². The van der Waals surface area contributed by atoms with Crippen molar-refractivity contribution in [1.82, 2.24) is 10.3 Å². The van der Waals surface area contributed by atoms with Gasteiger partial charge in [-0.05, 0) is 71.0 Å². The minimum absolute atomic E-state index is 0.101. The Balaban J connectivity index is 1.26. The normalized spacial score (nSPS) is 13.6. The Labute approximate surface area is 256 Å². The zero-order chi connectivity index (χ0) is 29.6. The summed E-state index contributed by atoms with van der Waals surface area (Å²) in [6.45, 7) is 0.693. The van der Waals surface area contributed by atoms with Gasteiger partial charge in [0.15, 0.2) is 5.13 Å². The molecular weight excluding hydrogens is 554 g/mol. The number of carbonyl (C=O) groups excluding carboxylic acids is 1.